The summed E-state index contributed by atoms with van der Waals surface area (Å²) in [4.78, 5) is 38.7. The fourth-order valence-electron chi connectivity index (χ4n) is 3.51. The average Bonchev–Trinajstić information content (AvgIpc) is 2.81. The van der Waals surface area contributed by atoms with Crippen LogP contribution in [0.3, 0.4) is 0 Å². The number of nitrogens with zero attached hydrogens (tertiary/aromatic N) is 1. The zero-order valence-corrected chi connectivity index (χ0v) is 14.7. The summed E-state index contributed by atoms with van der Waals surface area (Å²) in [6.45, 7) is 1.56. The summed E-state index contributed by atoms with van der Waals surface area (Å²) in [6.07, 6.45) is 3.36. The van der Waals surface area contributed by atoms with E-state index in [2.05, 4.69) is 5.32 Å². The second-order valence-electron chi connectivity index (χ2n) is 6.33. The van der Waals surface area contributed by atoms with Crippen molar-refractivity contribution in [1.82, 2.24) is 4.90 Å². The van der Waals surface area contributed by atoms with Gasteiger partial charge in [0.15, 0.2) is 0 Å². The lowest BCUT2D eigenvalue weighted by molar-refractivity contribution is -0.146. The van der Waals surface area contributed by atoms with Gasteiger partial charge in [-0.2, -0.15) is 0 Å². The molecule has 1 aliphatic heterocycles. The second-order valence-corrected chi connectivity index (χ2v) is 7.18. The van der Waals surface area contributed by atoms with E-state index in [9.17, 15) is 14.4 Å². The molecule has 1 heterocycles. The van der Waals surface area contributed by atoms with E-state index in [1.807, 2.05) is 0 Å². The van der Waals surface area contributed by atoms with Crippen molar-refractivity contribution in [2.45, 2.75) is 38.6 Å². The number of nitrogens with one attached hydrogen (secondary N) is 1. The number of carbonyl (C=O) groups is 3. The molecule has 1 aliphatic carbocycles. The molecular weight excluding hydrogens is 351 g/mol. The number of amides is 3. The molecule has 0 spiro atoms. The van der Waals surface area contributed by atoms with Gasteiger partial charge in [0.2, 0.25) is 17.7 Å². The van der Waals surface area contributed by atoms with Crippen LogP contribution in [0.5, 0.6) is 0 Å². The van der Waals surface area contributed by atoms with Gasteiger partial charge in [-0.1, -0.05) is 36.0 Å². The van der Waals surface area contributed by atoms with Crippen LogP contribution in [-0.2, 0) is 14.4 Å². The van der Waals surface area contributed by atoms with Gasteiger partial charge in [0.1, 0.15) is 6.04 Å². The van der Waals surface area contributed by atoms with Crippen LogP contribution in [0.1, 0.15) is 32.6 Å². The first-order valence-electron chi connectivity index (χ1n) is 8.03. The summed E-state index contributed by atoms with van der Waals surface area (Å²) in [7, 11) is 0. The largest absolute Gasteiger partial charge is 0.323 e. The van der Waals surface area contributed by atoms with Crippen molar-refractivity contribution in [3.05, 3.63) is 28.2 Å². The number of hydrogen-bond donors (Lipinski definition) is 1. The Hall–Kier alpha value is -1.59. The van der Waals surface area contributed by atoms with Crippen molar-refractivity contribution >= 4 is 46.6 Å². The van der Waals surface area contributed by atoms with E-state index < -0.39 is 11.9 Å². The third-order valence-corrected chi connectivity index (χ3v) is 5.38. The lowest BCUT2D eigenvalue weighted by Crippen LogP contribution is -2.46. The van der Waals surface area contributed by atoms with Crippen LogP contribution in [0, 0.1) is 11.8 Å². The molecule has 2 fully saturated rings. The van der Waals surface area contributed by atoms with E-state index >= 15 is 0 Å². The standard InChI is InChI=1S/C17H18Cl2N2O3/c1-9(15(22)20-14-7-6-10(18)8-13(14)19)21-16(23)11-4-2-3-5-12(11)17(21)24/h6-9,11-12H,2-5H2,1H3,(H,20,22). The molecule has 24 heavy (non-hydrogen) atoms. The fraction of sp³-hybridized carbons (Fsp3) is 0.471. The van der Waals surface area contributed by atoms with Gasteiger partial charge in [-0.3, -0.25) is 19.3 Å². The number of imide groups is 1. The number of benzene rings is 1. The third-order valence-electron chi connectivity index (χ3n) is 4.83. The molecule has 128 valence electrons. The second kappa shape index (κ2) is 6.73. The maximum Gasteiger partial charge on any atom is 0.247 e. The fourth-order valence-corrected chi connectivity index (χ4v) is 3.97. The van der Waals surface area contributed by atoms with Crippen molar-refractivity contribution < 1.29 is 14.4 Å². The summed E-state index contributed by atoms with van der Waals surface area (Å²) in [5, 5.41) is 3.42. The van der Waals surface area contributed by atoms with Crippen LogP contribution in [0.25, 0.3) is 0 Å². The quantitative estimate of drug-likeness (QED) is 0.830. The van der Waals surface area contributed by atoms with Gasteiger partial charge < -0.3 is 5.32 Å². The first kappa shape index (κ1) is 17.2. The molecule has 3 rings (SSSR count). The molecule has 1 aromatic rings. The van der Waals surface area contributed by atoms with Gasteiger partial charge in [0.25, 0.3) is 0 Å². The van der Waals surface area contributed by atoms with Crippen LogP contribution >= 0.6 is 23.2 Å². The molecular formula is C17H18Cl2N2O3. The Morgan fingerprint density at radius 1 is 1.17 bits per heavy atom. The normalized spacial score (nSPS) is 24.7. The van der Waals surface area contributed by atoms with Gasteiger partial charge in [-0.25, -0.2) is 0 Å². The molecule has 5 nitrogen and oxygen atoms in total. The van der Waals surface area contributed by atoms with Crippen LogP contribution in [-0.4, -0.2) is 28.7 Å². The van der Waals surface area contributed by atoms with Crippen molar-refractivity contribution in [2.24, 2.45) is 11.8 Å². The first-order chi connectivity index (χ1) is 11.4. The summed E-state index contributed by atoms with van der Waals surface area (Å²) in [5.74, 6) is -1.43. The number of anilines is 1. The number of rotatable bonds is 3. The number of hydrogen-bond acceptors (Lipinski definition) is 3. The zero-order chi connectivity index (χ0) is 17.4. The van der Waals surface area contributed by atoms with Gasteiger partial charge in [-0.15, -0.1) is 0 Å². The van der Waals surface area contributed by atoms with Gasteiger partial charge in [0, 0.05) is 5.02 Å². The van der Waals surface area contributed by atoms with E-state index in [1.54, 1.807) is 19.1 Å². The molecule has 3 atom stereocenters. The third kappa shape index (κ3) is 3.03. The minimum atomic E-state index is -0.873. The van der Waals surface area contributed by atoms with Crippen molar-refractivity contribution in [1.29, 1.82) is 0 Å². The molecule has 1 saturated heterocycles. The highest BCUT2D eigenvalue weighted by molar-refractivity contribution is 6.36. The topological polar surface area (TPSA) is 66.5 Å². The maximum absolute atomic E-state index is 12.5. The highest BCUT2D eigenvalue weighted by Gasteiger charge is 2.50. The lowest BCUT2D eigenvalue weighted by atomic mass is 9.81. The molecule has 7 heteroatoms. The van der Waals surface area contributed by atoms with Crippen LogP contribution in [0.15, 0.2) is 18.2 Å². The minimum Gasteiger partial charge on any atom is -0.323 e. The molecule has 1 saturated carbocycles. The van der Waals surface area contributed by atoms with Gasteiger partial charge >= 0.3 is 0 Å². The predicted octanol–water partition coefficient (Wildman–Crippen LogP) is 3.50. The van der Waals surface area contributed by atoms with E-state index in [0.29, 0.717) is 15.7 Å². The van der Waals surface area contributed by atoms with Crippen LogP contribution in [0.2, 0.25) is 10.0 Å². The molecule has 1 aromatic carbocycles. The van der Waals surface area contributed by atoms with Crippen LogP contribution < -0.4 is 5.32 Å². The Labute approximate surface area is 150 Å². The SMILES string of the molecule is CC(C(=O)Nc1ccc(Cl)cc1Cl)N1C(=O)C2CCCCC2C1=O. The first-order valence-corrected chi connectivity index (χ1v) is 8.78. The number of likely N-dealkylation sites (tertiary alicyclic amines) is 1. The van der Waals surface area contributed by atoms with E-state index in [4.69, 9.17) is 23.2 Å². The van der Waals surface area contributed by atoms with Crippen molar-refractivity contribution in [3.8, 4) is 0 Å². The highest BCUT2D eigenvalue weighted by atomic mass is 35.5. The van der Waals surface area contributed by atoms with E-state index in [-0.39, 0.29) is 23.7 Å². The molecule has 0 bridgehead atoms. The average molecular weight is 369 g/mol. The Bertz CT molecular complexity index is 683. The molecule has 1 N–H and O–H groups in total. The minimum absolute atomic E-state index is 0.227. The number of carbonyl (C=O) groups excluding carboxylic acids is 3. The van der Waals surface area contributed by atoms with Crippen LogP contribution in [0.4, 0.5) is 5.69 Å². The maximum atomic E-state index is 12.5. The summed E-state index contributed by atoms with van der Waals surface area (Å²) in [5.41, 5.74) is 0.398. The lowest BCUT2D eigenvalue weighted by Gasteiger charge is -2.22. The Balaban J connectivity index is 1.75. The van der Waals surface area contributed by atoms with E-state index in [0.717, 1.165) is 30.6 Å². The Morgan fingerprint density at radius 2 is 1.75 bits per heavy atom. The highest BCUT2D eigenvalue weighted by Crippen LogP contribution is 2.39. The molecule has 2 aliphatic rings. The van der Waals surface area contributed by atoms with Crippen molar-refractivity contribution in [2.75, 3.05) is 5.32 Å². The van der Waals surface area contributed by atoms with Gasteiger partial charge in [-0.05, 0) is 38.0 Å². The number of halogens is 2. The predicted molar refractivity (Wildman–Crippen MR) is 91.9 cm³/mol. The summed E-state index contributed by atoms with van der Waals surface area (Å²) < 4.78 is 0. The Kier molecular flexibility index (Phi) is 4.83. The molecule has 3 unspecified atom stereocenters. The monoisotopic (exact) mass is 368 g/mol. The summed E-state index contributed by atoms with van der Waals surface area (Å²) in [6, 6.07) is 3.84. The molecule has 3 amide bonds. The van der Waals surface area contributed by atoms with E-state index in [1.165, 1.54) is 6.07 Å². The van der Waals surface area contributed by atoms with Crippen molar-refractivity contribution in [3.63, 3.8) is 0 Å². The molecule has 0 radical (unpaired) electrons. The smallest absolute Gasteiger partial charge is 0.247 e. The zero-order valence-electron chi connectivity index (χ0n) is 13.2. The number of fused-ring (bicyclic) bond motifs is 1. The Morgan fingerprint density at radius 3 is 2.29 bits per heavy atom. The van der Waals surface area contributed by atoms with Gasteiger partial charge in [0.05, 0.1) is 22.5 Å². The summed E-state index contributed by atoms with van der Waals surface area (Å²) >= 11 is 11.9. The molecule has 0 aromatic heterocycles.